The molecule has 0 amide bonds. The van der Waals surface area contributed by atoms with Crippen LogP contribution in [-0.4, -0.2) is 13.2 Å². The Morgan fingerprint density at radius 1 is 1.22 bits per heavy atom. The molecule has 2 nitrogen and oxygen atoms in total. The monoisotopic (exact) mass is 249 g/mol. The van der Waals surface area contributed by atoms with Crippen molar-refractivity contribution < 1.29 is 4.74 Å². The normalized spacial score (nSPS) is 12.4. The zero-order valence-electron chi connectivity index (χ0n) is 12.3. The van der Waals surface area contributed by atoms with Gasteiger partial charge in [0.2, 0.25) is 0 Å². The fourth-order valence-electron chi connectivity index (χ4n) is 2.07. The molecular formula is C16H27NO. The van der Waals surface area contributed by atoms with E-state index in [1.54, 1.807) is 0 Å². The summed E-state index contributed by atoms with van der Waals surface area (Å²) in [5.41, 5.74) is 2.52. The van der Waals surface area contributed by atoms with E-state index in [9.17, 15) is 0 Å². The molecule has 0 saturated heterocycles. The van der Waals surface area contributed by atoms with Crippen molar-refractivity contribution in [1.29, 1.82) is 0 Å². The summed E-state index contributed by atoms with van der Waals surface area (Å²) in [5, 5.41) is 3.44. The number of hydrogen-bond donors (Lipinski definition) is 1. The van der Waals surface area contributed by atoms with Crippen molar-refractivity contribution in [3.05, 3.63) is 29.3 Å². The average Bonchev–Trinajstić information content (AvgIpc) is 2.35. The molecule has 0 aliphatic carbocycles. The minimum atomic E-state index is 0.344. The van der Waals surface area contributed by atoms with Crippen molar-refractivity contribution in [1.82, 2.24) is 5.32 Å². The lowest BCUT2D eigenvalue weighted by molar-refractivity contribution is 0.300. The minimum Gasteiger partial charge on any atom is -0.493 e. The van der Waals surface area contributed by atoms with Crippen LogP contribution in [0.3, 0.4) is 0 Å². The molecule has 1 rings (SSSR count). The van der Waals surface area contributed by atoms with Crippen molar-refractivity contribution in [3.63, 3.8) is 0 Å². The third kappa shape index (κ3) is 4.69. The summed E-state index contributed by atoms with van der Waals surface area (Å²) in [4.78, 5) is 0. The number of nitrogens with one attached hydrogen (secondary N) is 1. The molecule has 0 bridgehead atoms. The Morgan fingerprint density at radius 2 is 2.00 bits per heavy atom. The predicted molar refractivity (Wildman–Crippen MR) is 78.3 cm³/mol. The Balaban J connectivity index is 2.70. The van der Waals surface area contributed by atoms with Gasteiger partial charge in [-0.1, -0.05) is 38.8 Å². The first-order valence-corrected chi connectivity index (χ1v) is 7.15. The quantitative estimate of drug-likeness (QED) is 0.696. The first-order valence-electron chi connectivity index (χ1n) is 7.15. The van der Waals surface area contributed by atoms with Gasteiger partial charge in [0, 0.05) is 11.6 Å². The highest BCUT2D eigenvalue weighted by molar-refractivity contribution is 5.39. The zero-order valence-corrected chi connectivity index (χ0v) is 12.3. The standard InChI is InChI=1S/C16H27NO/c1-5-7-8-11-18-16-12-13(3)9-10-15(16)14(4)17-6-2/h9-10,12,14,17H,5-8,11H2,1-4H3. The molecule has 0 heterocycles. The second kappa shape index (κ2) is 8.15. The first kappa shape index (κ1) is 15.0. The summed E-state index contributed by atoms with van der Waals surface area (Å²) < 4.78 is 5.95. The predicted octanol–water partition coefficient (Wildman–Crippen LogP) is 4.23. The highest BCUT2D eigenvalue weighted by Gasteiger charge is 2.10. The van der Waals surface area contributed by atoms with Gasteiger partial charge >= 0.3 is 0 Å². The fourth-order valence-corrected chi connectivity index (χ4v) is 2.07. The van der Waals surface area contributed by atoms with Gasteiger partial charge in [-0.05, 0) is 38.4 Å². The second-order valence-corrected chi connectivity index (χ2v) is 4.88. The van der Waals surface area contributed by atoms with Gasteiger partial charge < -0.3 is 10.1 Å². The van der Waals surface area contributed by atoms with Crippen LogP contribution in [0.4, 0.5) is 0 Å². The molecule has 0 aliphatic rings. The van der Waals surface area contributed by atoms with Crippen LogP contribution in [0, 0.1) is 6.92 Å². The summed E-state index contributed by atoms with van der Waals surface area (Å²) >= 11 is 0. The van der Waals surface area contributed by atoms with Crippen LogP contribution in [0.25, 0.3) is 0 Å². The van der Waals surface area contributed by atoms with Crippen molar-refractivity contribution in [2.45, 2.75) is 53.0 Å². The van der Waals surface area contributed by atoms with E-state index in [1.807, 2.05) is 0 Å². The number of unbranched alkanes of at least 4 members (excludes halogenated alkanes) is 2. The van der Waals surface area contributed by atoms with Crippen molar-refractivity contribution >= 4 is 0 Å². The Hall–Kier alpha value is -1.02. The van der Waals surface area contributed by atoms with Gasteiger partial charge in [0.25, 0.3) is 0 Å². The van der Waals surface area contributed by atoms with Crippen LogP contribution >= 0.6 is 0 Å². The van der Waals surface area contributed by atoms with E-state index in [0.717, 1.165) is 25.3 Å². The fraction of sp³-hybridized carbons (Fsp3) is 0.625. The molecule has 1 unspecified atom stereocenters. The third-order valence-electron chi connectivity index (χ3n) is 3.15. The van der Waals surface area contributed by atoms with E-state index >= 15 is 0 Å². The largest absolute Gasteiger partial charge is 0.493 e. The number of rotatable bonds is 8. The van der Waals surface area contributed by atoms with E-state index in [4.69, 9.17) is 4.74 Å². The SMILES string of the molecule is CCCCCOc1cc(C)ccc1C(C)NCC. The van der Waals surface area contributed by atoms with E-state index < -0.39 is 0 Å². The molecule has 1 atom stereocenters. The van der Waals surface area contributed by atoms with Crippen LogP contribution in [0.15, 0.2) is 18.2 Å². The lowest BCUT2D eigenvalue weighted by atomic mass is 10.0. The number of aryl methyl sites for hydroxylation is 1. The van der Waals surface area contributed by atoms with Crippen molar-refractivity contribution in [3.8, 4) is 5.75 Å². The Morgan fingerprint density at radius 3 is 2.67 bits per heavy atom. The summed E-state index contributed by atoms with van der Waals surface area (Å²) in [7, 11) is 0. The molecule has 0 fully saturated rings. The van der Waals surface area contributed by atoms with Crippen LogP contribution in [-0.2, 0) is 0 Å². The van der Waals surface area contributed by atoms with Gasteiger partial charge in [0.05, 0.1) is 6.61 Å². The molecule has 0 saturated carbocycles. The topological polar surface area (TPSA) is 21.3 Å². The molecule has 18 heavy (non-hydrogen) atoms. The molecule has 1 aromatic rings. The highest BCUT2D eigenvalue weighted by atomic mass is 16.5. The average molecular weight is 249 g/mol. The van der Waals surface area contributed by atoms with Gasteiger partial charge in [-0.25, -0.2) is 0 Å². The van der Waals surface area contributed by atoms with Gasteiger partial charge in [-0.15, -0.1) is 0 Å². The van der Waals surface area contributed by atoms with Crippen molar-refractivity contribution in [2.24, 2.45) is 0 Å². The van der Waals surface area contributed by atoms with Gasteiger partial charge in [0.15, 0.2) is 0 Å². The molecule has 0 aliphatic heterocycles. The summed E-state index contributed by atoms with van der Waals surface area (Å²) in [6.45, 7) is 10.4. The molecule has 0 aromatic heterocycles. The lowest BCUT2D eigenvalue weighted by Gasteiger charge is -2.18. The Labute approximate surface area is 112 Å². The molecule has 0 spiro atoms. The maximum atomic E-state index is 5.95. The molecule has 1 aromatic carbocycles. The number of benzene rings is 1. The Bertz CT molecular complexity index is 349. The molecule has 102 valence electrons. The second-order valence-electron chi connectivity index (χ2n) is 4.88. The summed E-state index contributed by atoms with van der Waals surface area (Å²) in [6.07, 6.45) is 3.61. The van der Waals surface area contributed by atoms with Gasteiger partial charge in [0.1, 0.15) is 5.75 Å². The third-order valence-corrected chi connectivity index (χ3v) is 3.15. The smallest absolute Gasteiger partial charge is 0.124 e. The van der Waals surface area contributed by atoms with Crippen molar-refractivity contribution in [2.75, 3.05) is 13.2 Å². The summed E-state index contributed by atoms with van der Waals surface area (Å²) in [5.74, 6) is 1.04. The molecule has 1 N–H and O–H groups in total. The first-order chi connectivity index (χ1) is 8.69. The van der Waals surface area contributed by atoms with Gasteiger partial charge in [-0.2, -0.15) is 0 Å². The minimum absolute atomic E-state index is 0.344. The van der Waals surface area contributed by atoms with E-state index in [2.05, 4.69) is 51.2 Å². The Kier molecular flexibility index (Phi) is 6.81. The molecule has 2 heteroatoms. The van der Waals surface area contributed by atoms with Crippen LogP contribution in [0.2, 0.25) is 0 Å². The maximum absolute atomic E-state index is 5.95. The molecular weight excluding hydrogens is 222 g/mol. The van der Waals surface area contributed by atoms with E-state index in [1.165, 1.54) is 24.0 Å². The number of hydrogen-bond acceptors (Lipinski definition) is 2. The number of ether oxygens (including phenoxy) is 1. The zero-order chi connectivity index (χ0) is 13.4. The van der Waals surface area contributed by atoms with Gasteiger partial charge in [-0.3, -0.25) is 0 Å². The van der Waals surface area contributed by atoms with Crippen LogP contribution in [0.1, 0.15) is 57.2 Å². The van der Waals surface area contributed by atoms with E-state index in [0.29, 0.717) is 6.04 Å². The van der Waals surface area contributed by atoms with Crippen LogP contribution < -0.4 is 10.1 Å². The summed E-state index contributed by atoms with van der Waals surface area (Å²) in [6, 6.07) is 6.83. The van der Waals surface area contributed by atoms with Crippen LogP contribution in [0.5, 0.6) is 5.75 Å². The maximum Gasteiger partial charge on any atom is 0.124 e. The van der Waals surface area contributed by atoms with E-state index in [-0.39, 0.29) is 0 Å². The highest BCUT2D eigenvalue weighted by Crippen LogP contribution is 2.26. The molecule has 0 radical (unpaired) electrons. The lowest BCUT2D eigenvalue weighted by Crippen LogP contribution is -2.18.